The zero-order valence-electron chi connectivity index (χ0n) is 16.1. The zero-order valence-corrected chi connectivity index (χ0v) is 17.8. The maximum Gasteiger partial charge on any atom is 0.268 e. The standard InChI is InChI=1S/C19H22N4O4S2/c1-11-9-14-16(29-11)18(26)23(7-8-27-2)19(22-14)28-10-15(24)21-13-5-3-12(4-6-13)17(20)25/h3-6,11H,7-10H2,1-2H3,(H2,20,25)(H,21,24). The van der Waals surface area contributed by atoms with E-state index in [0.29, 0.717) is 39.7 Å². The number of carbonyl (C=O) groups excluding carboxylic acids is 2. The van der Waals surface area contributed by atoms with E-state index in [1.165, 1.54) is 11.8 Å². The number of thioether (sulfide) groups is 2. The minimum Gasteiger partial charge on any atom is -0.383 e. The summed E-state index contributed by atoms with van der Waals surface area (Å²) in [6.07, 6.45) is 0.742. The van der Waals surface area contributed by atoms with Gasteiger partial charge in [0, 0.05) is 30.0 Å². The Bertz CT molecular complexity index is 975. The van der Waals surface area contributed by atoms with Crippen LogP contribution in [0.25, 0.3) is 0 Å². The first-order valence-electron chi connectivity index (χ1n) is 9.01. The molecular formula is C19H22N4O4S2. The third-order valence-corrected chi connectivity index (χ3v) is 6.46. The first-order chi connectivity index (χ1) is 13.9. The molecule has 0 bridgehead atoms. The number of carbonyl (C=O) groups is 2. The Balaban J connectivity index is 1.71. The molecule has 154 valence electrons. The molecule has 1 aliphatic rings. The highest BCUT2D eigenvalue weighted by Crippen LogP contribution is 2.34. The molecule has 1 unspecified atom stereocenters. The summed E-state index contributed by atoms with van der Waals surface area (Å²) in [5.41, 5.74) is 6.86. The summed E-state index contributed by atoms with van der Waals surface area (Å²) in [7, 11) is 1.58. The number of nitrogens with one attached hydrogen (secondary N) is 1. The van der Waals surface area contributed by atoms with Gasteiger partial charge in [0.05, 0.1) is 29.5 Å². The topological polar surface area (TPSA) is 116 Å². The van der Waals surface area contributed by atoms with E-state index in [1.807, 2.05) is 0 Å². The molecule has 0 saturated heterocycles. The van der Waals surface area contributed by atoms with Crippen LogP contribution >= 0.6 is 23.5 Å². The Morgan fingerprint density at radius 3 is 2.76 bits per heavy atom. The maximum atomic E-state index is 12.9. The molecule has 1 aliphatic heterocycles. The van der Waals surface area contributed by atoms with Crippen molar-refractivity contribution in [1.29, 1.82) is 0 Å². The summed E-state index contributed by atoms with van der Waals surface area (Å²) in [6, 6.07) is 6.33. The molecule has 2 aromatic rings. The number of nitrogens with zero attached hydrogens (tertiary/aromatic N) is 2. The number of fused-ring (bicyclic) bond motifs is 1. The number of benzene rings is 1. The van der Waals surface area contributed by atoms with Gasteiger partial charge >= 0.3 is 0 Å². The fourth-order valence-corrected chi connectivity index (χ4v) is 4.82. The van der Waals surface area contributed by atoms with Crippen LogP contribution in [0.15, 0.2) is 39.1 Å². The summed E-state index contributed by atoms with van der Waals surface area (Å²) < 4.78 is 6.69. The first-order valence-corrected chi connectivity index (χ1v) is 10.9. The van der Waals surface area contributed by atoms with Crippen molar-refractivity contribution in [2.45, 2.75) is 35.2 Å². The van der Waals surface area contributed by atoms with Crippen molar-refractivity contribution >= 4 is 41.0 Å². The van der Waals surface area contributed by atoms with E-state index in [4.69, 9.17) is 10.5 Å². The average Bonchev–Trinajstić information content (AvgIpc) is 3.07. The number of rotatable bonds is 8. The maximum absolute atomic E-state index is 12.9. The zero-order chi connectivity index (χ0) is 21.0. The second-order valence-corrected chi connectivity index (χ2v) is 8.92. The largest absolute Gasteiger partial charge is 0.383 e. The molecule has 1 aromatic heterocycles. The van der Waals surface area contributed by atoms with E-state index in [-0.39, 0.29) is 17.2 Å². The second-order valence-electron chi connectivity index (χ2n) is 6.53. The van der Waals surface area contributed by atoms with E-state index < -0.39 is 5.91 Å². The molecule has 10 heteroatoms. The van der Waals surface area contributed by atoms with E-state index in [2.05, 4.69) is 17.2 Å². The quantitative estimate of drug-likeness (QED) is 0.480. The molecule has 1 atom stereocenters. The van der Waals surface area contributed by atoms with E-state index in [0.717, 1.165) is 12.1 Å². The summed E-state index contributed by atoms with van der Waals surface area (Å²) in [6.45, 7) is 2.82. The number of hydrogen-bond donors (Lipinski definition) is 2. The molecule has 0 spiro atoms. The average molecular weight is 435 g/mol. The molecule has 0 aliphatic carbocycles. The highest BCUT2D eigenvalue weighted by Gasteiger charge is 2.26. The van der Waals surface area contributed by atoms with Crippen LogP contribution < -0.4 is 16.6 Å². The Labute approximate surface area is 176 Å². The van der Waals surface area contributed by atoms with Crippen molar-refractivity contribution in [1.82, 2.24) is 9.55 Å². The van der Waals surface area contributed by atoms with Gasteiger partial charge in [-0.15, -0.1) is 11.8 Å². The smallest absolute Gasteiger partial charge is 0.268 e. The van der Waals surface area contributed by atoms with Gasteiger partial charge < -0.3 is 15.8 Å². The third-order valence-electron chi connectivity index (χ3n) is 4.27. The SMILES string of the molecule is COCCn1c(SCC(=O)Nc2ccc(C(N)=O)cc2)nc2c(c1=O)SC(C)C2. The number of ether oxygens (including phenoxy) is 1. The van der Waals surface area contributed by atoms with Gasteiger partial charge in [0.1, 0.15) is 0 Å². The minimum atomic E-state index is -0.525. The molecule has 0 saturated carbocycles. The molecule has 2 heterocycles. The third kappa shape index (κ3) is 5.20. The summed E-state index contributed by atoms with van der Waals surface area (Å²) in [5.74, 6) is -0.668. The van der Waals surface area contributed by atoms with Crippen molar-refractivity contribution in [3.05, 3.63) is 45.9 Å². The van der Waals surface area contributed by atoms with Crippen molar-refractivity contribution < 1.29 is 14.3 Å². The number of hydrogen-bond acceptors (Lipinski definition) is 7. The van der Waals surface area contributed by atoms with Gasteiger partial charge in [0.2, 0.25) is 11.8 Å². The lowest BCUT2D eigenvalue weighted by atomic mass is 10.2. The molecule has 8 nitrogen and oxygen atoms in total. The van der Waals surface area contributed by atoms with Crippen LogP contribution in [0.2, 0.25) is 0 Å². The predicted octanol–water partition coefficient (Wildman–Crippen LogP) is 1.76. The van der Waals surface area contributed by atoms with Gasteiger partial charge in [-0.25, -0.2) is 4.98 Å². The van der Waals surface area contributed by atoms with Crippen molar-refractivity contribution in [3.8, 4) is 0 Å². The lowest BCUT2D eigenvalue weighted by Gasteiger charge is -2.13. The minimum absolute atomic E-state index is 0.0775. The summed E-state index contributed by atoms with van der Waals surface area (Å²) in [5, 5.41) is 3.59. The van der Waals surface area contributed by atoms with Gasteiger partial charge in [-0.3, -0.25) is 19.0 Å². The van der Waals surface area contributed by atoms with Gasteiger partial charge in [0.25, 0.3) is 5.56 Å². The second kappa shape index (κ2) is 9.47. The Morgan fingerprint density at radius 2 is 2.10 bits per heavy atom. The summed E-state index contributed by atoms with van der Waals surface area (Å²) in [4.78, 5) is 41.6. The molecule has 0 radical (unpaired) electrons. The first kappa shape index (κ1) is 21.4. The van der Waals surface area contributed by atoms with Crippen LogP contribution in [0.3, 0.4) is 0 Å². The Hall–Kier alpha value is -2.30. The molecule has 0 fully saturated rings. The molecular weight excluding hydrogens is 412 g/mol. The van der Waals surface area contributed by atoms with E-state index in [9.17, 15) is 14.4 Å². The Morgan fingerprint density at radius 1 is 1.38 bits per heavy atom. The molecule has 2 amide bonds. The van der Waals surface area contributed by atoms with Crippen molar-refractivity contribution in [2.24, 2.45) is 5.73 Å². The van der Waals surface area contributed by atoms with Crippen LogP contribution in [0, 0.1) is 0 Å². The lowest BCUT2D eigenvalue weighted by Crippen LogP contribution is -2.27. The molecule has 3 rings (SSSR count). The van der Waals surface area contributed by atoms with E-state index in [1.54, 1.807) is 47.7 Å². The van der Waals surface area contributed by atoms with Gasteiger partial charge in [-0.05, 0) is 24.3 Å². The van der Waals surface area contributed by atoms with Crippen LogP contribution in [-0.2, 0) is 22.5 Å². The number of aromatic nitrogens is 2. The molecule has 3 N–H and O–H groups in total. The van der Waals surface area contributed by atoms with Crippen LogP contribution in [0.5, 0.6) is 0 Å². The van der Waals surface area contributed by atoms with Crippen LogP contribution in [0.1, 0.15) is 23.0 Å². The molecule has 1 aromatic carbocycles. The van der Waals surface area contributed by atoms with Crippen LogP contribution in [-0.4, -0.2) is 46.1 Å². The van der Waals surface area contributed by atoms with E-state index >= 15 is 0 Å². The highest BCUT2D eigenvalue weighted by atomic mass is 32.2. The van der Waals surface area contributed by atoms with Crippen molar-refractivity contribution in [2.75, 3.05) is 24.8 Å². The summed E-state index contributed by atoms with van der Waals surface area (Å²) >= 11 is 2.76. The number of anilines is 1. The fourth-order valence-electron chi connectivity index (χ4n) is 2.87. The normalized spacial score (nSPS) is 15.2. The Kier molecular flexibility index (Phi) is 6.99. The van der Waals surface area contributed by atoms with Gasteiger partial charge in [-0.2, -0.15) is 0 Å². The molecule has 29 heavy (non-hydrogen) atoms. The fraction of sp³-hybridized carbons (Fsp3) is 0.368. The lowest BCUT2D eigenvalue weighted by molar-refractivity contribution is -0.113. The number of primary amides is 1. The van der Waals surface area contributed by atoms with Crippen molar-refractivity contribution in [3.63, 3.8) is 0 Å². The van der Waals surface area contributed by atoms with Gasteiger partial charge in [-0.1, -0.05) is 18.7 Å². The predicted molar refractivity (Wildman–Crippen MR) is 114 cm³/mol. The van der Waals surface area contributed by atoms with Gasteiger partial charge in [0.15, 0.2) is 5.16 Å². The van der Waals surface area contributed by atoms with Crippen LogP contribution in [0.4, 0.5) is 5.69 Å². The number of methoxy groups -OCH3 is 1. The highest BCUT2D eigenvalue weighted by molar-refractivity contribution is 8.00. The number of nitrogens with two attached hydrogens (primary N) is 1. The number of amides is 2. The monoisotopic (exact) mass is 434 g/mol.